The van der Waals surface area contributed by atoms with Crippen molar-refractivity contribution < 1.29 is 33.3 Å². The molecule has 0 spiro atoms. The number of rotatable bonds is 8. The molecule has 0 aliphatic carbocycles. The van der Waals surface area contributed by atoms with Crippen molar-refractivity contribution in [3.63, 3.8) is 0 Å². The second-order valence-electron chi connectivity index (χ2n) is 7.53. The van der Waals surface area contributed by atoms with Gasteiger partial charge < -0.3 is 19.9 Å². The number of amides is 1. The molecule has 1 amide bonds. The Bertz CT molecular complexity index is 1510. The summed E-state index contributed by atoms with van der Waals surface area (Å²) in [5.74, 6) is -0.653. The number of nitro benzene ring substituents is 1. The third kappa shape index (κ3) is 5.99. The van der Waals surface area contributed by atoms with Crippen LogP contribution < -0.4 is 10.2 Å². The zero-order valence-corrected chi connectivity index (χ0v) is 19.2. The van der Waals surface area contributed by atoms with Crippen molar-refractivity contribution in [3.05, 3.63) is 94.3 Å². The Hall–Kier alpha value is -4.38. The van der Waals surface area contributed by atoms with Gasteiger partial charge in [0.25, 0.3) is 5.69 Å². The highest BCUT2D eigenvalue weighted by Crippen LogP contribution is 2.34. The minimum absolute atomic E-state index is 0.146. The fourth-order valence-electron chi connectivity index (χ4n) is 3.23. The first-order chi connectivity index (χ1) is 17.1. The van der Waals surface area contributed by atoms with Gasteiger partial charge in [-0.3, -0.25) is 19.5 Å². The lowest BCUT2D eigenvalue weighted by Gasteiger charge is -2.12. The summed E-state index contributed by atoms with van der Waals surface area (Å²) >= 11 is 0. The Labute approximate surface area is 202 Å². The molecule has 3 N–H and O–H groups in total. The minimum atomic E-state index is -4.56. The zero-order chi connectivity index (χ0) is 25.9. The van der Waals surface area contributed by atoms with Crippen molar-refractivity contribution in [2.45, 2.75) is 0 Å². The normalized spacial score (nSPS) is 11.6. The molecule has 0 aliphatic rings. The molecule has 0 atom stereocenters. The fourth-order valence-corrected chi connectivity index (χ4v) is 3.50. The molecule has 0 aliphatic heterocycles. The van der Waals surface area contributed by atoms with Crippen LogP contribution in [0.4, 0.5) is 15.8 Å². The lowest BCUT2D eigenvalue weighted by Crippen LogP contribution is -2.14. The topological polar surface area (TPSA) is 157 Å². The lowest BCUT2D eigenvalue weighted by molar-refractivity contribution is -0.384. The number of nitrogens with one attached hydrogen (secondary N) is 1. The number of hydrogen-bond acceptors (Lipinski definition) is 6. The molecular formula is C23H18FN4O7P. The fraction of sp³-hybridized carbons (Fsp3) is 0.0435. The number of imidazole rings is 1. The van der Waals surface area contributed by atoms with E-state index in [1.807, 2.05) is 0 Å². The van der Waals surface area contributed by atoms with E-state index in [9.17, 15) is 33.7 Å². The number of nitrogens with zero attached hydrogens (tertiary/aromatic N) is 3. The molecule has 0 saturated heterocycles. The first-order valence-electron chi connectivity index (χ1n) is 10.3. The maximum Gasteiger partial charge on any atom is 0.365 e. The predicted molar refractivity (Wildman–Crippen MR) is 129 cm³/mol. The van der Waals surface area contributed by atoms with Crippen molar-refractivity contribution in [2.75, 3.05) is 11.7 Å². The number of halogens is 1. The van der Waals surface area contributed by atoms with E-state index in [1.165, 1.54) is 54.6 Å². The largest absolute Gasteiger partial charge is 0.399 e. The van der Waals surface area contributed by atoms with E-state index >= 15 is 0 Å². The SMILES string of the molecule is O=C(/C=C/c1ccc(F)cc1)Nc1ccc(-c2nc3ccc([N+](=O)[O-])cc3n2OCP(=O)(O)O)cc1. The molecule has 0 bridgehead atoms. The number of nitro groups is 1. The third-order valence-electron chi connectivity index (χ3n) is 4.87. The van der Waals surface area contributed by atoms with Gasteiger partial charge in [-0.25, -0.2) is 9.37 Å². The molecule has 1 heterocycles. The van der Waals surface area contributed by atoms with Gasteiger partial charge >= 0.3 is 7.60 Å². The maximum atomic E-state index is 13.0. The van der Waals surface area contributed by atoms with Crippen molar-refractivity contribution >= 4 is 42.0 Å². The van der Waals surface area contributed by atoms with Crippen LogP contribution in [0.15, 0.2) is 72.8 Å². The Morgan fingerprint density at radius 1 is 1.14 bits per heavy atom. The maximum absolute atomic E-state index is 13.0. The van der Waals surface area contributed by atoms with Crippen molar-refractivity contribution in [1.29, 1.82) is 0 Å². The molecule has 13 heteroatoms. The van der Waals surface area contributed by atoms with Crippen LogP contribution in [0.2, 0.25) is 0 Å². The van der Waals surface area contributed by atoms with Crippen molar-refractivity contribution in [2.24, 2.45) is 0 Å². The minimum Gasteiger partial charge on any atom is -0.399 e. The highest BCUT2D eigenvalue weighted by Gasteiger charge is 2.21. The zero-order valence-electron chi connectivity index (χ0n) is 18.3. The number of non-ortho nitro benzene ring substituents is 1. The Morgan fingerprint density at radius 2 is 1.83 bits per heavy atom. The van der Waals surface area contributed by atoms with Crippen LogP contribution in [0.3, 0.4) is 0 Å². The molecule has 11 nitrogen and oxygen atoms in total. The number of aromatic nitrogens is 2. The second kappa shape index (κ2) is 10.1. The number of fused-ring (bicyclic) bond motifs is 1. The molecule has 184 valence electrons. The smallest absolute Gasteiger partial charge is 0.365 e. The van der Waals surface area contributed by atoms with Crippen LogP contribution in [0.5, 0.6) is 0 Å². The highest BCUT2D eigenvalue weighted by atomic mass is 31.2. The number of carbonyl (C=O) groups excluding carboxylic acids is 1. The van der Waals surface area contributed by atoms with Gasteiger partial charge in [0.2, 0.25) is 12.3 Å². The summed E-state index contributed by atoms with van der Waals surface area (Å²) in [6, 6.07) is 15.8. The van der Waals surface area contributed by atoms with Gasteiger partial charge in [-0.05, 0) is 54.1 Å². The van der Waals surface area contributed by atoms with E-state index in [4.69, 9.17) is 4.84 Å². The summed E-state index contributed by atoms with van der Waals surface area (Å²) in [4.78, 5) is 50.9. The van der Waals surface area contributed by atoms with E-state index < -0.39 is 24.8 Å². The molecular weight excluding hydrogens is 494 g/mol. The van der Waals surface area contributed by atoms with Gasteiger partial charge in [0.15, 0.2) is 5.82 Å². The molecule has 1 aromatic heterocycles. The molecule has 4 rings (SSSR count). The van der Waals surface area contributed by atoms with E-state index in [0.717, 1.165) is 4.73 Å². The first-order valence-corrected chi connectivity index (χ1v) is 12.1. The van der Waals surface area contributed by atoms with Crippen molar-refractivity contribution in [1.82, 2.24) is 9.71 Å². The van der Waals surface area contributed by atoms with Crippen LogP contribution >= 0.6 is 7.60 Å². The summed E-state index contributed by atoms with van der Waals surface area (Å²) in [6.45, 7) is 0. The molecule has 0 fully saturated rings. The van der Waals surface area contributed by atoms with E-state index in [2.05, 4.69) is 10.3 Å². The van der Waals surface area contributed by atoms with Crippen LogP contribution in [0.25, 0.3) is 28.5 Å². The summed E-state index contributed by atoms with van der Waals surface area (Å²) < 4.78 is 25.4. The molecule has 0 unspecified atom stereocenters. The van der Waals surface area contributed by atoms with Gasteiger partial charge in [-0.1, -0.05) is 12.1 Å². The molecule has 3 aromatic carbocycles. The predicted octanol–water partition coefficient (Wildman–Crippen LogP) is 3.97. The van der Waals surface area contributed by atoms with Crippen molar-refractivity contribution in [3.8, 4) is 11.4 Å². The molecule has 36 heavy (non-hydrogen) atoms. The Kier molecular flexibility index (Phi) is 6.93. The summed E-state index contributed by atoms with van der Waals surface area (Å²) in [6.07, 6.45) is 1.86. The summed E-state index contributed by atoms with van der Waals surface area (Å²) in [5, 5.41) is 13.8. The second-order valence-corrected chi connectivity index (χ2v) is 9.12. The average Bonchev–Trinajstić information content (AvgIpc) is 3.20. The van der Waals surface area contributed by atoms with Gasteiger partial charge in [-0.15, -0.1) is 0 Å². The van der Waals surface area contributed by atoms with Crippen LogP contribution in [0, 0.1) is 15.9 Å². The quantitative estimate of drug-likeness (QED) is 0.139. The van der Waals surface area contributed by atoms with Gasteiger partial charge in [-0.2, -0.15) is 4.73 Å². The third-order valence-corrected chi connectivity index (χ3v) is 5.32. The van der Waals surface area contributed by atoms with E-state index in [1.54, 1.807) is 24.3 Å². The van der Waals surface area contributed by atoms with Crippen LogP contribution in [-0.4, -0.2) is 36.7 Å². The lowest BCUT2D eigenvalue weighted by atomic mass is 10.2. The van der Waals surface area contributed by atoms with Crippen LogP contribution in [0.1, 0.15) is 5.56 Å². The molecule has 0 radical (unpaired) electrons. The van der Waals surface area contributed by atoms with Gasteiger partial charge in [0.05, 0.1) is 10.4 Å². The number of hydrogen-bond donors (Lipinski definition) is 3. The van der Waals surface area contributed by atoms with E-state index in [0.29, 0.717) is 22.3 Å². The number of anilines is 1. The van der Waals surface area contributed by atoms with Crippen LogP contribution in [-0.2, 0) is 9.36 Å². The molecule has 4 aromatic rings. The summed E-state index contributed by atoms with van der Waals surface area (Å²) in [7, 11) is -4.56. The van der Waals surface area contributed by atoms with Gasteiger partial charge in [0.1, 0.15) is 11.3 Å². The first kappa shape index (κ1) is 24.7. The average molecular weight is 512 g/mol. The molecule has 0 saturated carbocycles. The number of benzene rings is 3. The standard InChI is InChI=1S/C23H18FN4O7P/c24-17-6-1-15(2-7-17)3-12-22(29)25-18-8-4-16(5-9-18)23-26-20-11-10-19(28(30)31)13-21(20)27(23)35-14-36(32,33)34/h1-13H,14H2,(H,25,29)(H2,32,33,34)/b12-3+. The van der Waals surface area contributed by atoms with E-state index in [-0.39, 0.29) is 22.8 Å². The Balaban J connectivity index is 1.58. The summed E-state index contributed by atoms with van der Waals surface area (Å²) in [5.41, 5.74) is 1.76. The monoisotopic (exact) mass is 512 g/mol. The number of carbonyl (C=O) groups is 1. The van der Waals surface area contributed by atoms with Gasteiger partial charge in [0, 0.05) is 29.5 Å². The highest BCUT2D eigenvalue weighted by molar-refractivity contribution is 7.51. The Morgan fingerprint density at radius 3 is 2.47 bits per heavy atom.